The van der Waals surface area contributed by atoms with Crippen molar-refractivity contribution in [2.24, 2.45) is 0 Å². The van der Waals surface area contributed by atoms with Gasteiger partial charge in [-0.2, -0.15) is 0 Å². The highest BCUT2D eigenvalue weighted by Crippen LogP contribution is 2.29. The molecule has 0 aliphatic heterocycles. The first kappa shape index (κ1) is 21.1. The van der Waals surface area contributed by atoms with E-state index in [9.17, 15) is 9.59 Å². The second-order valence-electron chi connectivity index (χ2n) is 6.87. The number of aromatic nitrogens is 4. The maximum absolute atomic E-state index is 12.8. The lowest BCUT2D eigenvalue weighted by molar-refractivity contribution is -0.134. The molecule has 32 heavy (non-hydrogen) atoms. The number of esters is 1. The maximum atomic E-state index is 12.8. The Balaban J connectivity index is 1.68. The summed E-state index contributed by atoms with van der Waals surface area (Å²) in [6.07, 6.45) is 2.95. The first-order valence-electron chi connectivity index (χ1n) is 9.99. The number of carbonyl (C=O) groups excluding carboxylic acids is 1. The van der Waals surface area contributed by atoms with Crippen molar-refractivity contribution in [2.75, 3.05) is 14.2 Å². The predicted molar refractivity (Wildman–Crippen MR) is 119 cm³/mol. The summed E-state index contributed by atoms with van der Waals surface area (Å²) >= 11 is 0. The molecule has 0 spiro atoms. The molecule has 0 N–H and O–H groups in total. The van der Waals surface area contributed by atoms with Crippen molar-refractivity contribution in [2.45, 2.75) is 20.1 Å². The molecule has 0 saturated carbocycles. The molecule has 4 rings (SSSR count). The summed E-state index contributed by atoms with van der Waals surface area (Å²) in [5, 5.41) is 9.08. The van der Waals surface area contributed by atoms with Crippen molar-refractivity contribution in [3.8, 4) is 11.5 Å². The van der Waals surface area contributed by atoms with Crippen LogP contribution in [-0.2, 0) is 22.7 Å². The lowest BCUT2D eigenvalue weighted by atomic mass is 10.2. The fourth-order valence-electron chi connectivity index (χ4n) is 3.47. The van der Waals surface area contributed by atoms with Crippen molar-refractivity contribution in [3.63, 3.8) is 0 Å². The Morgan fingerprint density at radius 3 is 2.66 bits per heavy atom. The number of hydrogen-bond acceptors (Lipinski definition) is 7. The zero-order chi connectivity index (χ0) is 22.7. The van der Waals surface area contributed by atoms with Crippen LogP contribution < -0.4 is 15.0 Å². The number of rotatable bonds is 7. The van der Waals surface area contributed by atoms with Crippen LogP contribution in [0.15, 0.2) is 53.3 Å². The number of benzene rings is 2. The van der Waals surface area contributed by atoms with E-state index in [1.54, 1.807) is 34.9 Å². The summed E-state index contributed by atoms with van der Waals surface area (Å²) in [5.74, 6) is 1.58. The van der Waals surface area contributed by atoms with Crippen LogP contribution in [0.25, 0.3) is 22.8 Å². The molecule has 0 saturated heterocycles. The number of para-hydroxylation sites is 1. The van der Waals surface area contributed by atoms with Gasteiger partial charge in [0.25, 0.3) is 5.56 Å². The molecule has 0 aliphatic carbocycles. The topological polar surface area (TPSA) is 97.0 Å². The number of ether oxygens (including phenoxy) is 3. The monoisotopic (exact) mass is 434 g/mol. The van der Waals surface area contributed by atoms with E-state index in [4.69, 9.17) is 9.47 Å². The number of aryl methyl sites for hydroxylation is 1. The van der Waals surface area contributed by atoms with Gasteiger partial charge < -0.3 is 14.2 Å². The normalized spacial score (nSPS) is 11.3. The Morgan fingerprint density at radius 2 is 1.91 bits per heavy atom. The van der Waals surface area contributed by atoms with Crippen molar-refractivity contribution in [1.82, 2.24) is 19.2 Å². The summed E-state index contributed by atoms with van der Waals surface area (Å²) in [7, 11) is 2.86. The summed E-state index contributed by atoms with van der Waals surface area (Å²) in [5.41, 5.74) is 1.37. The molecular weight excluding hydrogens is 412 g/mol. The average molecular weight is 434 g/mol. The first-order chi connectivity index (χ1) is 15.6. The largest absolute Gasteiger partial charge is 0.493 e. The lowest BCUT2D eigenvalue weighted by Crippen LogP contribution is -2.22. The molecule has 9 nitrogen and oxygen atoms in total. The van der Waals surface area contributed by atoms with Gasteiger partial charge in [-0.3, -0.25) is 13.8 Å². The minimum Gasteiger partial charge on any atom is -0.493 e. The van der Waals surface area contributed by atoms with Gasteiger partial charge in [-0.05, 0) is 42.8 Å². The van der Waals surface area contributed by atoms with Crippen molar-refractivity contribution >= 4 is 28.7 Å². The van der Waals surface area contributed by atoms with Gasteiger partial charge in [-0.15, -0.1) is 10.2 Å². The molecule has 9 heteroatoms. The van der Waals surface area contributed by atoms with E-state index in [0.717, 1.165) is 11.1 Å². The average Bonchev–Trinajstić information content (AvgIpc) is 3.25. The quantitative estimate of drug-likeness (QED) is 0.326. The fraction of sp³-hybridized carbons (Fsp3) is 0.217. The maximum Gasteiger partial charge on any atom is 0.330 e. The molecule has 2 heterocycles. The van der Waals surface area contributed by atoms with E-state index >= 15 is 0 Å². The van der Waals surface area contributed by atoms with Crippen LogP contribution in [0.1, 0.15) is 18.3 Å². The Labute approximate surface area is 183 Å². The summed E-state index contributed by atoms with van der Waals surface area (Å²) < 4.78 is 19.4. The van der Waals surface area contributed by atoms with E-state index in [1.165, 1.54) is 20.3 Å². The number of fused-ring (bicyclic) bond motifs is 3. The number of nitrogens with zero attached hydrogens (tertiary/aromatic N) is 4. The molecule has 0 radical (unpaired) electrons. The molecule has 164 valence electrons. The highest BCUT2D eigenvalue weighted by molar-refractivity contribution is 5.87. The Hall–Kier alpha value is -4.14. The molecule has 2 aromatic carbocycles. The van der Waals surface area contributed by atoms with Gasteiger partial charge in [0, 0.05) is 12.6 Å². The SMILES string of the molecule is CCn1c(=O)c2ccccc2n2c(COc3ccc(/C=C/C(=O)OC)cc3OC)nnc12. The summed E-state index contributed by atoms with van der Waals surface area (Å²) in [6.45, 7) is 2.48. The third-order valence-electron chi connectivity index (χ3n) is 5.05. The zero-order valence-corrected chi connectivity index (χ0v) is 17.9. The highest BCUT2D eigenvalue weighted by Gasteiger charge is 2.16. The Bertz CT molecular complexity index is 1390. The van der Waals surface area contributed by atoms with E-state index in [1.807, 2.05) is 29.5 Å². The summed E-state index contributed by atoms with van der Waals surface area (Å²) in [4.78, 5) is 24.1. The second kappa shape index (κ2) is 8.93. The third kappa shape index (κ3) is 3.80. The molecule has 0 unspecified atom stereocenters. The highest BCUT2D eigenvalue weighted by atomic mass is 16.5. The molecule has 0 aliphatic rings. The van der Waals surface area contributed by atoms with Gasteiger partial charge in [-0.25, -0.2) is 4.79 Å². The summed E-state index contributed by atoms with van der Waals surface area (Å²) in [6, 6.07) is 12.6. The van der Waals surface area contributed by atoms with Crippen LogP contribution in [0.3, 0.4) is 0 Å². The van der Waals surface area contributed by atoms with Gasteiger partial charge in [0.2, 0.25) is 5.78 Å². The minimum absolute atomic E-state index is 0.104. The van der Waals surface area contributed by atoms with Crippen LogP contribution in [0.2, 0.25) is 0 Å². The number of methoxy groups -OCH3 is 2. The molecule has 0 atom stereocenters. The van der Waals surface area contributed by atoms with Crippen LogP contribution >= 0.6 is 0 Å². The predicted octanol–water partition coefficient (Wildman–Crippen LogP) is 2.84. The first-order valence-corrected chi connectivity index (χ1v) is 9.99. The Kier molecular flexibility index (Phi) is 5.89. The van der Waals surface area contributed by atoms with E-state index in [2.05, 4.69) is 14.9 Å². The van der Waals surface area contributed by atoms with Crippen molar-refractivity contribution in [3.05, 3.63) is 70.3 Å². The lowest BCUT2D eigenvalue weighted by Gasteiger charge is -2.12. The number of hydrogen-bond donors (Lipinski definition) is 0. The number of carbonyl (C=O) groups is 1. The molecule has 0 fully saturated rings. The van der Waals surface area contributed by atoms with Gasteiger partial charge in [0.1, 0.15) is 6.61 Å². The van der Waals surface area contributed by atoms with E-state index in [-0.39, 0.29) is 12.2 Å². The molecule has 4 aromatic rings. The standard InChI is InChI=1S/C23H22N4O5/c1-4-26-22(29)16-7-5-6-8-17(16)27-20(24-25-23(26)27)14-32-18-11-9-15(13-19(18)30-2)10-12-21(28)31-3/h5-13H,4,14H2,1-3H3/b12-10+. The molecule has 0 bridgehead atoms. The van der Waals surface area contributed by atoms with Gasteiger partial charge in [0.05, 0.1) is 25.1 Å². The fourth-order valence-corrected chi connectivity index (χ4v) is 3.47. The zero-order valence-electron chi connectivity index (χ0n) is 17.9. The van der Waals surface area contributed by atoms with E-state index in [0.29, 0.717) is 35.0 Å². The van der Waals surface area contributed by atoms with Crippen LogP contribution in [0, 0.1) is 0 Å². The van der Waals surface area contributed by atoms with Gasteiger partial charge in [-0.1, -0.05) is 18.2 Å². The van der Waals surface area contributed by atoms with Crippen LogP contribution in [0.5, 0.6) is 11.5 Å². The second-order valence-corrected chi connectivity index (χ2v) is 6.87. The van der Waals surface area contributed by atoms with E-state index < -0.39 is 5.97 Å². The third-order valence-corrected chi connectivity index (χ3v) is 5.05. The molecular formula is C23H22N4O5. The Morgan fingerprint density at radius 1 is 1.09 bits per heavy atom. The van der Waals surface area contributed by atoms with Crippen LogP contribution in [-0.4, -0.2) is 39.4 Å². The van der Waals surface area contributed by atoms with Crippen molar-refractivity contribution in [1.29, 1.82) is 0 Å². The van der Waals surface area contributed by atoms with Gasteiger partial charge in [0.15, 0.2) is 17.3 Å². The van der Waals surface area contributed by atoms with Crippen molar-refractivity contribution < 1.29 is 19.0 Å². The molecule has 2 aromatic heterocycles. The minimum atomic E-state index is -0.444. The smallest absolute Gasteiger partial charge is 0.330 e. The van der Waals surface area contributed by atoms with Crippen LogP contribution in [0.4, 0.5) is 0 Å². The molecule has 0 amide bonds. The van der Waals surface area contributed by atoms with Gasteiger partial charge >= 0.3 is 5.97 Å².